The van der Waals surface area contributed by atoms with Crippen LogP contribution in [-0.2, 0) is 37.1 Å². The summed E-state index contributed by atoms with van der Waals surface area (Å²) in [5.74, 6) is 0. The van der Waals surface area contributed by atoms with E-state index in [9.17, 15) is 26.3 Å². The molecule has 0 aliphatic heterocycles. The molecule has 1 atom stereocenters. The Morgan fingerprint density at radius 2 is 1.35 bits per heavy atom. The van der Waals surface area contributed by atoms with E-state index in [0.717, 1.165) is 23.3 Å². The van der Waals surface area contributed by atoms with Crippen LogP contribution in [0.3, 0.4) is 0 Å². The van der Waals surface area contributed by atoms with E-state index in [1.54, 1.807) is 12.1 Å². The molecule has 167 valence electrons. The topological polar surface area (TPSA) is 0 Å². The first-order chi connectivity index (χ1) is 14.0. The third-order valence-electron chi connectivity index (χ3n) is 5.32. The van der Waals surface area contributed by atoms with Crippen molar-refractivity contribution in [2.24, 2.45) is 0 Å². The second-order valence-electron chi connectivity index (χ2n) is 8.65. The van der Waals surface area contributed by atoms with Gasteiger partial charge in [0.1, 0.15) is 0 Å². The van der Waals surface area contributed by atoms with Crippen molar-refractivity contribution in [1.82, 2.24) is 0 Å². The number of allylic oxidation sites excluding steroid dienone is 1. The van der Waals surface area contributed by atoms with Crippen molar-refractivity contribution < 1.29 is 45.7 Å². The Labute approximate surface area is 192 Å². The van der Waals surface area contributed by atoms with Gasteiger partial charge in [-0.3, -0.25) is 0 Å². The normalized spacial score (nSPS) is 16.9. The van der Waals surface area contributed by atoms with Crippen molar-refractivity contribution in [3.63, 3.8) is 0 Å². The van der Waals surface area contributed by atoms with E-state index in [-0.39, 0.29) is 15.3 Å². The molecule has 3 rings (SSSR count). The minimum atomic E-state index is -4.92. The Balaban J connectivity index is 2.43. The van der Waals surface area contributed by atoms with Crippen LogP contribution in [0.5, 0.6) is 0 Å². The van der Waals surface area contributed by atoms with Gasteiger partial charge in [0.05, 0.1) is 0 Å². The summed E-state index contributed by atoms with van der Waals surface area (Å²) in [7, 11) is 12.7. The maximum atomic E-state index is 13.5. The molecule has 0 spiro atoms. The summed E-state index contributed by atoms with van der Waals surface area (Å²) in [5, 5.41) is 0. The molecule has 0 aromatic heterocycles. The zero-order chi connectivity index (χ0) is 23.5. The predicted molar refractivity (Wildman–Crippen MR) is 109 cm³/mol. The van der Waals surface area contributed by atoms with Gasteiger partial charge < -0.3 is 0 Å². The third kappa shape index (κ3) is 4.94. The number of alkyl halides is 6. The Morgan fingerprint density at radius 1 is 0.839 bits per heavy atom. The number of hydrogen-bond donors (Lipinski definition) is 0. The standard InChI is InChI=1S/C22H19F6.2ClH.Zr/c1-12-7-13-5-6-18(20(2,3)4)19(17(13)8-12)14-9-15(21(23,24)25)11-16(10-14)22(26,27)28;;;/h5-11H,1-4H3;2*1H;/q;;;+2/p-2. The van der Waals surface area contributed by atoms with E-state index in [1.165, 1.54) is 0 Å². The molecule has 1 aliphatic carbocycles. The van der Waals surface area contributed by atoms with Crippen LogP contribution in [-0.4, -0.2) is 0 Å². The van der Waals surface area contributed by atoms with Gasteiger partial charge in [-0.15, -0.1) is 0 Å². The van der Waals surface area contributed by atoms with Crippen LogP contribution < -0.4 is 0 Å². The molecule has 2 aromatic rings. The first kappa shape index (κ1) is 24.9. The van der Waals surface area contributed by atoms with Gasteiger partial charge in [-0.05, 0) is 0 Å². The molecular weight excluding hydrogens is 540 g/mol. The van der Waals surface area contributed by atoms with Crippen molar-refractivity contribution in [3.8, 4) is 11.1 Å². The van der Waals surface area contributed by atoms with E-state index in [1.807, 2.05) is 33.8 Å². The first-order valence-electron chi connectivity index (χ1n) is 9.35. The van der Waals surface area contributed by atoms with Crippen LogP contribution in [0.15, 0.2) is 35.9 Å². The van der Waals surface area contributed by atoms with Gasteiger partial charge >= 0.3 is 193 Å². The van der Waals surface area contributed by atoms with E-state index < -0.39 is 48.3 Å². The fraction of sp³-hybridized carbons (Fsp3) is 0.364. The van der Waals surface area contributed by atoms with Crippen LogP contribution in [0, 0.1) is 0 Å². The predicted octanol–water partition coefficient (Wildman–Crippen LogP) is 9.07. The number of hydrogen-bond acceptors (Lipinski definition) is 0. The van der Waals surface area contributed by atoms with Crippen LogP contribution in [0.2, 0.25) is 0 Å². The van der Waals surface area contributed by atoms with Gasteiger partial charge in [0.15, 0.2) is 0 Å². The molecule has 0 N–H and O–H groups in total. The van der Waals surface area contributed by atoms with Gasteiger partial charge in [-0.1, -0.05) is 0 Å². The van der Waals surface area contributed by atoms with Crippen LogP contribution >= 0.6 is 17.0 Å². The van der Waals surface area contributed by atoms with Gasteiger partial charge in [0.25, 0.3) is 0 Å². The SMILES string of the molecule is CC1=Cc2c(ccc(C(C)(C)C)c2-c2cc(C(F)(F)F)cc(C(F)(F)F)c2)[CH]1[Zr]([Cl])[Cl]. The van der Waals surface area contributed by atoms with Crippen molar-refractivity contribution in [1.29, 1.82) is 0 Å². The van der Waals surface area contributed by atoms with Crippen molar-refractivity contribution in [2.75, 3.05) is 0 Å². The average molecular weight is 560 g/mol. The molecule has 0 bridgehead atoms. The van der Waals surface area contributed by atoms with Crippen LogP contribution in [0.1, 0.15) is 59.1 Å². The number of rotatable bonds is 2. The van der Waals surface area contributed by atoms with E-state index in [0.29, 0.717) is 16.7 Å². The second kappa shape index (κ2) is 8.22. The number of fused-ring (bicyclic) bond motifs is 1. The summed E-state index contributed by atoms with van der Waals surface area (Å²) >= 11 is -2.85. The maximum absolute atomic E-state index is 13.5. The van der Waals surface area contributed by atoms with E-state index in [4.69, 9.17) is 17.0 Å². The molecule has 0 radical (unpaired) electrons. The van der Waals surface area contributed by atoms with Crippen molar-refractivity contribution in [2.45, 2.75) is 49.1 Å². The average Bonchev–Trinajstić information content (AvgIpc) is 2.94. The third-order valence-corrected chi connectivity index (χ3v) is 10.9. The molecule has 1 aliphatic rings. The molecule has 9 heteroatoms. The summed E-state index contributed by atoms with van der Waals surface area (Å²) in [6, 6.07) is 5.34. The van der Waals surface area contributed by atoms with Crippen LogP contribution in [0.25, 0.3) is 17.2 Å². The van der Waals surface area contributed by atoms with Gasteiger partial charge in [0, 0.05) is 0 Å². The molecule has 0 amide bonds. The van der Waals surface area contributed by atoms with E-state index in [2.05, 4.69) is 0 Å². The number of benzene rings is 2. The quantitative estimate of drug-likeness (QED) is 0.322. The Kier molecular flexibility index (Phi) is 6.59. The molecule has 0 fully saturated rings. The molecule has 0 nitrogen and oxygen atoms in total. The fourth-order valence-corrected chi connectivity index (χ4v) is 9.60. The zero-order valence-electron chi connectivity index (χ0n) is 17.1. The molecule has 0 saturated heterocycles. The molecule has 0 saturated carbocycles. The monoisotopic (exact) mass is 557 g/mol. The van der Waals surface area contributed by atoms with Crippen molar-refractivity contribution >= 4 is 23.1 Å². The summed E-state index contributed by atoms with van der Waals surface area (Å²) in [5.41, 5.74) is -0.0634. The summed E-state index contributed by atoms with van der Waals surface area (Å²) in [4.78, 5) is 0. The summed E-state index contributed by atoms with van der Waals surface area (Å²) in [6.07, 6.45) is -8.04. The van der Waals surface area contributed by atoms with Crippen LogP contribution in [0.4, 0.5) is 26.3 Å². The molecule has 0 heterocycles. The second-order valence-corrected chi connectivity index (χ2v) is 17.5. The molecule has 31 heavy (non-hydrogen) atoms. The Bertz CT molecular complexity index is 1010. The van der Waals surface area contributed by atoms with Crippen molar-refractivity contribution in [3.05, 3.63) is 63.7 Å². The van der Waals surface area contributed by atoms with Gasteiger partial charge in [-0.25, -0.2) is 0 Å². The Morgan fingerprint density at radius 3 is 1.77 bits per heavy atom. The minimum absolute atomic E-state index is 0.122. The number of halogens is 8. The fourth-order valence-electron chi connectivity index (χ4n) is 3.92. The summed E-state index contributed by atoms with van der Waals surface area (Å²) < 4.78 is 80.7. The Hall–Kier alpha value is -0.777. The zero-order valence-corrected chi connectivity index (χ0v) is 21.0. The summed E-state index contributed by atoms with van der Waals surface area (Å²) in [6.45, 7) is 7.43. The molecular formula is C22H19Cl2F6Zr. The van der Waals surface area contributed by atoms with Gasteiger partial charge in [-0.2, -0.15) is 0 Å². The molecule has 2 aromatic carbocycles. The van der Waals surface area contributed by atoms with Gasteiger partial charge in [0.2, 0.25) is 0 Å². The molecule has 1 unspecified atom stereocenters. The van der Waals surface area contributed by atoms with E-state index >= 15 is 0 Å². The first-order valence-corrected chi connectivity index (χ1v) is 17.1.